The number of hydrogen-bond donors (Lipinski definition) is 1. The molecule has 1 atom stereocenters. The second-order valence-electron chi connectivity index (χ2n) is 12.0. The highest BCUT2D eigenvalue weighted by Crippen LogP contribution is 2.16. The standard InChI is InChI=1S/C35H71NO2.ClH/c1-4-7-10-13-15-16-17-18-19-20-21-22-25-27-30-34(29-26-24-14-11-8-5-2)36-32-33-38-35(37)31-28-23-12-9-6-3;/h34,36H,4-33H2,1-3H3;1H. The minimum Gasteiger partial charge on any atom is -0.464 e. The van der Waals surface area contributed by atoms with Crippen molar-refractivity contribution in [3.05, 3.63) is 0 Å². The number of hydrogen-bond acceptors (Lipinski definition) is 3. The van der Waals surface area contributed by atoms with E-state index in [0.29, 0.717) is 19.1 Å². The first-order chi connectivity index (χ1) is 18.7. The van der Waals surface area contributed by atoms with Gasteiger partial charge in [0, 0.05) is 19.0 Å². The molecule has 0 spiro atoms. The SMILES string of the molecule is CCCCCCCCCCCCCCCCC(CCCCCCCC)NCCOC(=O)CCCCCCC.Cl. The normalized spacial score (nSPS) is 11.9. The first kappa shape index (κ1) is 40.9. The van der Waals surface area contributed by atoms with Crippen LogP contribution in [0.1, 0.15) is 201 Å². The fraction of sp³-hybridized carbons (Fsp3) is 0.971. The first-order valence-corrected chi connectivity index (χ1v) is 17.6. The number of rotatable bonds is 32. The molecule has 1 unspecified atom stereocenters. The third-order valence-electron chi connectivity index (χ3n) is 8.09. The van der Waals surface area contributed by atoms with Gasteiger partial charge in [-0.2, -0.15) is 0 Å². The highest BCUT2D eigenvalue weighted by molar-refractivity contribution is 5.85. The van der Waals surface area contributed by atoms with Gasteiger partial charge in [0.05, 0.1) is 0 Å². The van der Waals surface area contributed by atoms with Gasteiger partial charge in [-0.15, -0.1) is 12.4 Å². The van der Waals surface area contributed by atoms with Crippen molar-refractivity contribution in [1.82, 2.24) is 5.32 Å². The highest BCUT2D eigenvalue weighted by atomic mass is 35.5. The lowest BCUT2D eigenvalue weighted by atomic mass is 9.99. The molecule has 0 aliphatic rings. The van der Waals surface area contributed by atoms with E-state index < -0.39 is 0 Å². The maximum atomic E-state index is 12.0. The summed E-state index contributed by atoms with van der Waals surface area (Å²) in [5, 5.41) is 3.73. The Hall–Kier alpha value is -0.280. The summed E-state index contributed by atoms with van der Waals surface area (Å²) < 4.78 is 5.49. The first-order valence-electron chi connectivity index (χ1n) is 17.6. The molecular weight excluding hydrogens is 502 g/mol. The van der Waals surface area contributed by atoms with Crippen molar-refractivity contribution in [3.63, 3.8) is 0 Å². The Kier molecular flexibility index (Phi) is 37.4. The third kappa shape index (κ3) is 33.8. The lowest BCUT2D eigenvalue weighted by molar-refractivity contribution is -0.143. The van der Waals surface area contributed by atoms with Gasteiger partial charge >= 0.3 is 5.97 Å². The van der Waals surface area contributed by atoms with Gasteiger partial charge in [0.1, 0.15) is 6.61 Å². The molecule has 0 fully saturated rings. The van der Waals surface area contributed by atoms with Gasteiger partial charge in [0.2, 0.25) is 0 Å². The van der Waals surface area contributed by atoms with Crippen LogP contribution in [0.2, 0.25) is 0 Å². The molecule has 0 saturated carbocycles. The zero-order valence-electron chi connectivity index (χ0n) is 27.0. The van der Waals surface area contributed by atoms with Gasteiger partial charge in [-0.25, -0.2) is 0 Å². The van der Waals surface area contributed by atoms with Crippen molar-refractivity contribution < 1.29 is 9.53 Å². The topological polar surface area (TPSA) is 38.3 Å². The van der Waals surface area contributed by atoms with Crippen molar-refractivity contribution in [2.45, 2.75) is 207 Å². The van der Waals surface area contributed by atoms with E-state index in [1.54, 1.807) is 0 Å². The Labute approximate surface area is 252 Å². The molecule has 0 aromatic carbocycles. The molecule has 0 aliphatic carbocycles. The molecule has 1 N–H and O–H groups in total. The molecule has 0 radical (unpaired) electrons. The summed E-state index contributed by atoms with van der Waals surface area (Å²) in [6, 6.07) is 0.589. The molecule has 0 amide bonds. The van der Waals surface area contributed by atoms with Crippen LogP contribution in [0.15, 0.2) is 0 Å². The smallest absolute Gasteiger partial charge is 0.305 e. The molecule has 0 aromatic rings. The summed E-state index contributed by atoms with van der Waals surface area (Å²) in [5.41, 5.74) is 0. The second kappa shape index (κ2) is 35.7. The Morgan fingerprint density at radius 3 is 1.23 bits per heavy atom. The summed E-state index contributed by atoms with van der Waals surface area (Å²) in [7, 11) is 0. The van der Waals surface area contributed by atoms with Gasteiger partial charge in [-0.3, -0.25) is 4.79 Å². The van der Waals surface area contributed by atoms with E-state index in [1.165, 1.54) is 161 Å². The van der Waals surface area contributed by atoms with Crippen LogP contribution in [-0.4, -0.2) is 25.2 Å². The number of ether oxygens (including phenoxy) is 1. The maximum absolute atomic E-state index is 12.0. The van der Waals surface area contributed by atoms with Gasteiger partial charge in [-0.05, 0) is 19.3 Å². The largest absolute Gasteiger partial charge is 0.464 e. The van der Waals surface area contributed by atoms with Crippen LogP contribution in [0.3, 0.4) is 0 Å². The lowest BCUT2D eigenvalue weighted by Gasteiger charge is -2.19. The van der Waals surface area contributed by atoms with Crippen LogP contribution >= 0.6 is 12.4 Å². The number of carbonyl (C=O) groups excluding carboxylic acids is 1. The van der Waals surface area contributed by atoms with Crippen LogP contribution in [-0.2, 0) is 9.53 Å². The van der Waals surface area contributed by atoms with Gasteiger partial charge < -0.3 is 10.1 Å². The van der Waals surface area contributed by atoms with Crippen molar-refractivity contribution in [1.29, 1.82) is 0 Å². The summed E-state index contributed by atoms with van der Waals surface area (Å²) in [5.74, 6) is -0.0113. The number of esters is 1. The molecule has 3 nitrogen and oxygen atoms in total. The van der Waals surface area contributed by atoms with E-state index in [-0.39, 0.29) is 18.4 Å². The lowest BCUT2D eigenvalue weighted by Crippen LogP contribution is -2.32. The molecule has 0 aliphatic heterocycles. The van der Waals surface area contributed by atoms with E-state index >= 15 is 0 Å². The van der Waals surface area contributed by atoms with E-state index in [2.05, 4.69) is 26.1 Å². The second-order valence-corrected chi connectivity index (χ2v) is 12.0. The van der Waals surface area contributed by atoms with Crippen molar-refractivity contribution in [2.75, 3.05) is 13.2 Å². The average Bonchev–Trinajstić information content (AvgIpc) is 2.92. The molecule has 39 heavy (non-hydrogen) atoms. The molecule has 4 heteroatoms. The molecule has 0 heterocycles. The van der Waals surface area contributed by atoms with Crippen LogP contribution in [0.4, 0.5) is 0 Å². The van der Waals surface area contributed by atoms with Gasteiger partial charge in [0.25, 0.3) is 0 Å². The van der Waals surface area contributed by atoms with Crippen LogP contribution in [0, 0.1) is 0 Å². The van der Waals surface area contributed by atoms with E-state index in [0.717, 1.165) is 19.4 Å². The Morgan fingerprint density at radius 2 is 0.846 bits per heavy atom. The number of carbonyl (C=O) groups is 1. The summed E-state index contributed by atoms with van der Waals surface area (Å²) in [6.07, 6.45) is 37.1. The fourth-order valence-electron chi connectivity index (χ4n) is 5.48. The fourth-order valence-corrected chi connectivity index (χ4v) is 5.48. The Bertz CT molecular complexity index is 460. The van der Waals surface area contributed by atoms with Crippen molar-refractivity contribution in [2.24, 2.45) is 0 Å². The predicted octanol–water partition coefficient (Wildman–Crippen LogP) is 11.9. The van der Waals surface area contributed by atoms with Crippen LogP contribution in [0.5, 0.6) is 0 Å². The van der Waals surface area contributed by atoms with E-state index in [4.69, 9.17) is 4.74 Å². The highest BCUT2D eigenvalue weighted by Gasteiger charge is 2.09. The molecule has 0 rings (SSSR count). The minimum absolute atomic E-state index is 0. The number of unbranched alkanes of at least 4 members (excludes halogenated alkanes) is 22. The van der Waals surface area contributed by atoms with Crippen molar-refractivity contribution >= 4 is 18.4 Å². The van der Waals surface area contributed by atoms with Gasteiger partial charge in [-0.1, -0.05) is 175 Å². The van der Waals surface area contributed by atoms with Crippen molar-refractivity contribution in [3.8, 4) is 0 Å². The summed E-state index contributed by atoms with van der Waals surface area (Å²) in [6.45, 7) is 8.14. The molecular formula is C35H72ClNO2. The zero-order valence-corrected chi connectivity index (χ0v) is 27.8. The Morgan fingerprint density at radius 1 is 0.513 bits per heavy atom. The zero-order chi connectivity index (χ0) is 27.8. The minimum atomic E-state index is -0.0113. The third-order valence-corrected chi connectivity index (χ3v) is 8.09. The quantitative estimate of drug-likeness (QED) is 0.0642. The summed E-state index contributed by atoms with van der Waals surface area (Å²) in [4.78, 5) is 12.0. The molecule has 236 valence electrons. The van der Waals surface area contributed by atoms with Gasteiger partial charge in [0.15, 0.2) is 0 Å². The number of nitrogens with one attached hydrogen (secondary N) is 1. The van der Waals surface area contributed by atoms with Crippen LogP contribution < -0.4 is 5.32 Å². The molecule has 0 saturated heterocycles. The maximum Gasteiger partial charge on any atom is 0.305 e. The average molecular weight is 574 g/mol. The molecule has 0 bridgehead atoms. The van der Waals surface area contributed by atoms with Crippen LogP contribution in [0.25, 0.3) is 0 Å². The van der Waals surface area contributed by atoms with E-state index in [1.807, 2.05) is 0 Å². The number of halogens is 1. The van der Waals surface area contributed by atoms with E-state index in [9.17, 15) is 4.79 Å². The predicted molar refractivity (Wildman–Crippen MR) is 176 cm³/mol. The molecule has 0 aromatic heterocycles. The Balaban J connectivity index is 0. The summed E-state index contributed by atoms with van der Waals surface area (Å²) >= 11 is 0. The monoisotopic (exact) mass is 574 g/mol.